The molecule has 112 valence electrons. The zero-order valence-corrected chi connectivity index (χ0v) is 13.0. The van der Waals surface area contributed by atoms with E-state index >= 15 is 0 Å². The molecule has 20 heavy (non-hydrogen) atoms. The Kier molecular flexibility index (Phi) is 6.18. The van der Waals surface area contributed by atoms with Gasteiger partial charge in [0.15, 0.2) is 0 Å². The Labute approximate surface area is 121 Å². The minimum Gasteiger partial charge on any atom is -0.356 e. The predicted octanol–water partition coefficient (Wildman–Crippen LogP) is 3.95. The van der Waals surface area contributed by atoms with Crippen LogP contribution in [-0.2, 0) is 11.2 Å². The van der Waals surface area contributed by atoms with Crippen molar-refractivity contribution in [3.8, 4) is 0 Å². The van der Waals surface area contributed by atoms with Crippen molar-refractivity contribution in [2.75, 3.05) is 6.54 Å². The van der Waals surface area contributed by atoms with Crippen LogP contribution in [0.2, 0.25) is 0 Å². The third kappa shape index (κ3) is 6.18. The molecule has 2 nitrogen and oxygen atoms in total. The van der Waals surface area contributed by atoms with Crippen LogP contribution in [0.1, 0.15) is 46.1 Å². The van der Waals surface area contributed by atoms with Crippen LogP contribution in [0.4, 0.5) is 4.39 Å². The van der Waals surface area contributed by atoms with Crippen molar-refractivity contribution in [1.29, 1.82) is 0 Å². The summed E-state index contributed by atoms with van der Waals surface area (Å²) in [5.74, 6) is 0.253. The zero-order valence-electron chi connectivity index (χ0n) is 13.0. The van der Waals surface area contributed by atoms with Gasteiger partial charge in [0.2, 0.25) is 5.91 Å². The quantitative estimate of drug-likeness (QED) is 0.785. The SMILES string of the molecule is CC(CC(=O)NCCCc1cccc(F)c1)C(C)(C)C. The Morgan fingerprint density at radius 2 is 2.05 bits per heavy atom. The molecule has 0 aliphatic rings. The van der Waals surface area contributed by atoms with E-state index in [0.717, 1.165) is 18.4 Å². The highest BCUT2D eigenvalue weighted by molar-refractivity contribution is 5.76. The minimum absolute atomic E-state index is 0.103. The van der Waals surface area contributed by atoms with Crippen LogP contribution in [0.3, 0.4) is 0 Å². The maximum absolute atomic E-state index is 13.0. The summed E-state index contributed by atoms with van der Waals surface area (Å²) >= 11 is 0. The standard InChI is InChI=1S/C17H26FNO/c1-13(17(2,3)4)11-16(20)19-10-6-8-14-7-5-9-15(18)12-14/h5,7,9,12-13H,6,8,10-11H2,1-4H3,(H,19,20). The van der Waals surface area contributed by atoms with Crippen LogP contribution in [0.25, 0.3) is 0 Å². The Morgan fingerprint density at radius 3 is 2.65 bits per heavy atom. The fourth-order valence-corrected chi connectivity index (χ4v) is 1.87. The van der Waals surface area contributed by atoms with E-state index in [4.69, 9.17) is 0 Å². The molecule has 1 rings (SSSR count). The number of aryl methyl sites for hydroxylation is 1. The van der Waals surface area contributed by atoms with Crippen LogP contribution >= 0.6 is 0 Å². The molecule has 1 atom stereocenters. The largest absolute Gasteiger partial charge is 0.356 e. The highest BCUT2D eigenvalue weighted by Gasteiger charge is 2.22. The van der Waals surface area contributed by atoms with Crippen LogP contribution in [0.5, 0.6) is 0 Å². The van der Waals surface area contributed by atoms with Crippen molar-refractivity contribution in [3.63, 3.8) is 0 Å². The minimum atomic E-state index is -0.203. The summed E-state index contributed by atoms with van der Waals surface area (Å²) in [6.07, 6.45) is 2.18. The van der Waals surface area contributed by atoms with Crippen molar-refractivity contribution >= 4 is 5.91 Å². The Morgan fingerprint density at radius 1 is 1.35 bits per heavy atom. The van der Waals surface area contributed by atoms with E-state index in [9.17, 15) is 9.18 Å². The summed E-state index contributed by atoms with van der Waals surface area (Å²) in [7, 11) is 0. The molecule has 0 radical (unpaired) electrons. The maximum atomic E-state index is 13.0. The van der Waals surface area contributed by atoms with Gasteiger partial charge in [0.1, 0.15) is 5.82 Å². The first-order valence-electron chi connectivity index (χ1n) is 7.30. The van der Waals surface area contributed by atoms with Gasteiger partial charge in [-0.2, -0.15) is 0 Å². The van der Waals surface area contributed by atoms with E-state index in [1.165, 1.54) is 6.07 Å². The molecular weight excluding hydrogens is 253 g/mol. The van der Waals surface area contributed by atoms with Crippen molar-refractivity contribution in [1.82, 2.24) is 5.32 Å². The van der Waals surface area contributed by atoms with Crippen molar-refractivity contribution in [2.24, 2.45) is 11.3 Å². The molecule has 1 unspecified atom stereocenters. The number of hydrogen-bond acceptors (Lipinski definition) is 1. The van der Waals surface area contributed by atoms with Gasteiger partial charge in [-0.1, -0.05) is 39.8 Å². The average Bonchev–Trinajstić information content (AvgIpc) is 2.33. The van der Waals surface area contributed by atoms with Crippen molar-refractivity contribution in [2.45, 2.75) is 47.0 Å². The molecule has 0 heterocycles. The van der Waals surface area contributed by atoms with Gasteiger partial charge in [0.05, 0.1) is 0 Å². The molecule has 3 heteroatoms. The summed E-state index contributed by atoms with van der Waals surface area (Å²) in [6.45, 7) is 9.19. The normalized spacial score (nSPS) is 13.1. The topological polar surface area (TPSA) is 29.1 Å². The van der Waals surface area contributed by atoms with E-state index in [0.29, 0.717) is 18.9 Å². The average molecular weight is 279 g/mol. The van der Waals surface area contributed by atoms with Gasteiger partial charge in [0, 0.05) is 13.0 Å². The Bertz CT molecular complexity index is 437. The van der Waals surface area contributed by atoms with E-state index in [1.807, 2.05) is 6.07 Å². The predicted molar refractivity (Wildman–Crippen MR) is 81.0 cm³/mol. The lowest BCUT2D eigenvalue weighted by Crippen LogP contribution is -2.29. The zero-order chi connectivity index (χ0) is 15.2. The lowest BCUT2D eigenvalue weighted by molar-refractivity contribution is -0.122. The third-order valence-electron chi connectivity index (χ3n) is 3.82. The number of halogens is 1. The van der Waals surface area contributed by atoms with Crippen molar-refractivity contribution in [3.05, 3.63) is 35.6 Å². The maximum Gasteiger partial charge on any atom is 0.220 e. The van der Waals surface area contributed by atoms with Gasteiger partial charge in [-0.15, -0.1) is 0 Å². The second-order valence-corrected chi connectivity index (χ2v) is 6.55. The van der Waals surface area contributed by atoms with E-state index in [1.54, 1.807) is 12.1 Å². The first-order chi connectivity index (χ1) is 9.29. The number of amides is 1. The van der Waals surface area contributed by atoms with E-state index in [2.05, 4.69) is 33.0 Å². The first kappa shape index (κ1) is 16.7. The van der Waals surface area contributed by atoms with Crippen LogP contribution in [0, 0.1) is 17.2 Å². The van der Waals surface area contributed by atoms with Crippen LogP contribution < -0.4 is 5.32 Å². The number of benzene rings is 1. The molecule has 0 aliphatic heterocycles. The number of nitrogens with one attached hydrogen (secondary N) is 1. The Hall–Kier alpha value is -1.38. The monoisotopic (exact) mass is 279 g/mol. The smallest absolute Gasteiger partial charge is 0.220 e. The molecule has 0 bridgehead atoms. The first-order valence-corrected chi connectivity index (χ1v) is 7.30. The molecule has 1 aromatic carbocycles. The molecule has 0 aromatic heterocycles. The van der Waals surface area contributed by atoms with Gasteiger partial charge in [-0.05, 0) is 41.9 Å². The molecule has 0 fully saturated rings. The molecule has 1 N–H and O–H groups in total. The third-order valence-corrected chi connectivity index (χ3v) is 3.82. The highest BCUT2D eigenvalue weighted by atomic mass is 19.1. The van der Waals surface area contributed by atoms with Gasteiger partial charge in [-0.3, -0.25) is 4.79 Å². The summed E-state index contributed by atoms with van der Waals surface area (Å²) in [5, 5.41) is 2.94. The summed E-state index contributed by atoms with van der Waals surface area (Å²) in [5.41, 5.74) is 1.13. The molecule has 0 saturated carbocycles. The molecule has 0 spiro atoms. The second kappa shape index (κ2) is 7.41. The molecular formula is C17H26FNO. The number of carbonyl (C=O) groups excluding carboxylic acids is 1. The molecule has 1 aromatic rings. The van der Waals surface area contributed by atoms with Gasteiger partial charge >= 0.3 is 0 Å². The lowest BCUT2D eigenvalue weighted by atomic mass is 9.80. The van der Waals surface area contributed by atoms with E-state index in [-0.39, 0.29) is 17.1 Å². The number of rotatable bonds is 6. The van der Waals surface area contributed by atoms with Crippen LogP contribution in [-0.4, -0.2) is 12.5 Å². The molecule has 0 aliphatic carbocycles. The Balaban J connectivity index is 2.23. The highest BCUT2D eigenvalue weighted by Crippen LogP contribution is 2.27. The lowest BCUT2D eigenvalue weighted by Gasteiger charge is -2.26. The second-order valence-electron chi connectivity index (χ2n) is 6.55. The summed E-state index contributed by atoms with van der Waals surface area (Å²) < 4.78 is 13.0. The fraction of sp³-hybridized carbons (Fsp3) is 0.588. The fourth-order valence-electron chi connectivity index (χ4n) is 1.87. The van der Waals surface area contributed by atoms with Gasteiger partial charge in [-0.25, -0.2) is 4.39 Å². The van der Waals surface area contributed by atoms with Gasteiger partial charge in [0.25, 0.3) is 0 Å². The summed E-state index contributed by atoms with van der Waals surface area (Å²) in [4.78, 5) is 11.8. The molecule has 1 amide bonds. The molecule has 0 saturated heterocycles. The summed E-state index contributed by atoms with van der Waals surface area (Å²) in [6, 6.07) is 6.61. The van der Waals surface area contributed by atoms with Gasteiger partial charge < -0.3 is 5.32 Å². The number of carbonyl (C=O) groups is 1. The van der Waals surface area contributed by atoms with Crippen LogP contribution in [0.15, 0.2) is 24.3 Å². The van der Waals surface area contributed by atoms with E-state index < -0.39 is 0 Å². The van der Waals surface area contributed by atoms with Crippen molar-refractivity contribution < 1.29 is 9.18 Å². The number of hydrogen-bond donors (Lipinski definition) is 1.